The number of hydrogen-bond donors (Lipinski definition) is 0. The van der Waals surface area contributed by atoms with Gasteiger partial charge in [0.25, 0.3) is 0 Å². The molecule has 4 aliphatic heterocycles. The molecule has 77 heavy (non-hydrogen) atoms. The van der Waals surface area contributed by atoms with Crippen molar-refractivity contribution in [2.75, 3.05) is 88.9 Å². The van der Waals surface area contributed by atoms with Gasteiger partial charge in [0.1, 0.15) is 0 Å². The molecule has 0 saturated carbocycles. The van der Waals surface area contributed by atoms with E-state index in [9.17, 15) is 0 Å². The molecule has 0 N–H and O–H groups in total. The summed E-state index contributed by atoms with van der Waals surface area (Å²) in [6.07, 6.45) is 0. The van der Waals surface area contributed by atoms with E-state index >= 15 is 0 Å². The van der Waals surface area contributed by atoms with E-state index < -0.39 is 0 Å². The number of hydrogen-bond acceptors (Lipinski definition) is 8. The van der Waals surface area contributed by atoms with Crippen LogP contribution in [0.15, 0.2) is 97.1 Å². The third-order valence-corrected chi connectivity index (χ3v) is 17.0. The van der Waals surface area contributed by atoms with E-state index in [1.54, 1.807) is 0 Å². The molecule has 0 amide bonds. The van der Waals surface area contributed by atoms with Crippen molar-refractivity contribution >= 4 is 84.9 Å². The summed E-state index contributed by atoms with van der Waals surface area (Å²) in [6.45, 7) is 64.4. The zero-order chi connectivity index (χ0) is 57.0. The summed E-state index contributed by atoms with van der Waals surface area (Å²) >= 11 is 0. The standard InChI is InChI=1S/4C16H26N2Si.Ni/c4*1-15(2,3)11-17-13-9-7-8-10-14(13)18(19-17)12-16(4,5)6;/h4*7-10H,11-12H2,1-6H3;. The van der Waals surface area contributed by atoms with Crippen LogP contribution in [0, 0.1) is 43.3 Å². The van der Waals surface area contributed by atoms with Gasteiger partial charge in [0.2, 0.25) is 0 Å². The first-order chi connectivity index (χ1) is 34.6. The molecule has 8 nitrogen and oxygen atoms in total. The van der Waals surface area contributed by atoms with E-state index in [4.69, 9.17) is 0 Å². The zero-order valence-electron chi connectivity index (χ0n) is 52.8. The Hall–Kier alpha value is -3.36. The molecule has 0 aliphatic carbocycles. The molecule has 0 unspecified atom stereocenters. The average Bonchev–Trinajstić information content (AvgIpc) is 3.95. The minimum absolute atomic E-state index is 0. The van der Waals surface area contributed by atoms with Gasteiger partial charge in [0, 0.05) is 68.8 Å². The number of para-hydroxylation sites is 8. The van der Waals surface area contributed by atoms with Gasteiger partial charge < -0.3 is 36.5 Å². The van der Waals surface area contributed by atoms with Gasteiger partial charge >= 0.3 is 39.4 Å². The molecule has 0 atom stereocenters. The van der Waals surface area contributed by atoms with Crippen molar-refractivity contribution in [3.63, 3.8) is 0 Å². The first kappa shape index (κ1) is 66.2. The first-order valence-electron chi connectivity index (χ1n) is 28.2. The molecule has 0 bridgehead atoms. The Morgan fingerprint density at radius 1 is 0.208 bits per heavy atom. The zero-order valence-corrected chi connectivity index (χ0v) is 57.8. The van der Waals surface area contributed by atoms with Gasteiger partial charge in [-0.25, -0.2) is 0 Å². The molecule has 4 aromatic rings. The Labute approximate surface area is 493 Å². The van der Waals surface area contributed by atoms with E-state index in [1.165, 1.54) is 45.5 Å². The summed E-state index contributed by atoms with van der Waals surface area (Å²) in [7, 11) is 2.97. The second-order valence-corrected chi connectivity index (χ2v) is 36.6. The monoisotopic (exact) mass is 1150 g/mol. The summed E-state index contributed by atoms with van der Waals surface area (Å²) in [5.74, 6) is 0. The topological polar surface area (TPSA) is 25.9 Å². The van der Waals surface area contributed by atoms with Crippen LogP contribution in [-0.2, 0) is 16.5 Å². The summed E-state index contributed by atoms with van der Waals surface area (Å²) in [5, 5.41) is 0. The normalized spacial score (nSPS) is 15.7. The predicted molar refractivity (Wildman–Crippen MR) is 343 cm³/mol. The fourth-order valence-electron chi connectivity index (χ4n) is 9.46. The van der Waals surface area contributed by atoms with Crippen LogP contribution in [0.5, 0.6) is 0 Å². The van der Waals surface area contributed by atoms with Crippen LogP contribution < -0.4 is 36.5 Å². The Kier molecular flexibility index (Phi) is 22.0. The van der Waals surface area contributed by atoms with E-state index in [1.807, 2.05) is 0 Å². The Morgan fingerprint density at radius 3 is 0.377 bits per heavy atom. The second-order valence-electron chi connectivity index (χ2n) is 31.5. The van der Waals surface area contributed by atoms with Crippen LogP contribution in [0.2, 0.25) is 0 Å². The molecule has 8 radical (unpaired) electrons. The largest absolute Gasteiger partial charge is 0.378 e. The smallest absolute Gasteiger partial charge is 0.332 e. The van der Waals surface area contributed by atoms with Crippen LogP contribution >= 0.6 is 0 Å². The quantitative estimate of drug-likeness (QED) is 0.161. The summed E-state index contributed by atoms with van der Waals surface area (Å²) < 4.78 is 20.3. The van der Waals surface area contributed by atoms with Crippen molar-refractivity contribution < 1.29 is 16.5 Å². The summed E-state index contributed by atoms with van der Waals surface area (Å²) in [6, 6.07) is 35.3. The third kappa shape index (κ3) is 21.9. The van der Waals surface area contributed by atoms with Crippen LogP contribution in [0.25, 0.3) is 0 Å². The van der Waals surface area contributed by atoms with E-state index in [0.29, 0.717) is 43.3 Å². The van der Waals surface area contributed by atoms with Gasteiger partial charge in [0.15, 0.2) is 0 Å². The van der Waals surface area contributed by atoms with E-state index in [-0.39, 0.29) is 16.5 Å². The van der Waals surface area contributed by atoms with Crippen molar-refractivity contribution in [3.05, 3.63) is 97.1 Å². The molecular weight excluding hydrogens is 1050 g/mol. The number of anilines is 8. The first-order valence-corrected chi connectivity index (χ1v) is 31.8. The van der Waals surface area contributed by atoms with Crippen molar-refractivity contribution in [2.45, 2.75) is 166 Å². The van der Waals surface area contributed by atoms with Crippen LogP contribution in [-0.4, -0.2) is 91.7 Å². The fraction of sp³-hybridized carbons (Fsp3) is 0.625. The van der Waals surface area contributed by atoms with Crippen molar-refractivity contribution in [3.8, 4) is 0 Å². The molecular formula is C64H104N8NiSi4. The van der Waals surface area contributed by atoms with Crippen molar-refractivity contribution in [1.29, 1.82) is 0 Å². The number of benzene rings is 4. The molecule has 4 aliphatic rings. The van der Waals surface area contributed by atoms with Gasteiger partial charge in [-0.2, -0.15) is 0 Å². The maximum atomic E-state index is 2.54. The van der Waals surface area contributed by atoms with Crippen molar-refractivity contribution in [2.24, 2.45) is 43.3 Å². The van der Waals surface area contributed by atoms with Gasteiger partial charge in [-0.3, -0.25) is 0 Å². The molecule has 0 aromatic heterocycles. The fourth-order valence-corrected chi connectivity index (χ4v) is 17.4. The van der Waals surface area contributed by atoms with Gasteiger partial charge in [-0.15, -0.1) is 0 Å². The Bertz CT molecular complexity index is 1960. The molecule has 0 spiro atoms. The number of fused-ring (bicyclic) bond motifs is 4. The van der Waals surface area contributed by atoms with E-state index in [2.05, 4.69) is 300 Å². The number of rotatable bonds is 8. The minimum atomic E-state index is 0. The molecule has 426 valence electrons. The van der Waals surface area contributed by atoms with Crippen LogP contribution in [0.4, 0.5) is 45.5 Å². The average molecular weight is 1160 g/mol. The second kappa shape index (κ2) is 25.6. The molecule has 8 rings (SSSR count). The van der Waals surface area contributed by atoms with Gasteiger partial charge in [0.05, 0.1) is 45.5 Å². The predicted octanol–water partition coefficient (Wildman–Crippen LogP) is 15.8. The summed E-state index contributed by atoms with van der Waals surface area (Å²) in [4.78, 5) is 0. The molecule has 13 heteroatoms. The van der Waals surface area contributed by atoms with Gasteiger partial charge in [-0.05, 0) is 91.9 Å². The number of nitrogens with zero attached hydrogens (tertiary/aromatic N) is 8. The molecule has 4 aromatic carbocycles. The minimum Gasteiger partial charge on any atom is -0.378 e. The molecule has 4 heterocycles. The molecule has 0 saturated heterocycles. The third-order valence-electron chi connectivity index (χ3n) is 11.9. The van der Waals surface area contributed by atoms with Gasteiger partial charge in [-0.1, -0.05) is 215 Å². The maximum absolute atomic E-state index is 2.54. The SMILES string of the molecule is CC(C)(C)CN1[Si]N(CC(C)(C)C)c2ccccc21.CC(C)(C)CN1[Si]N(CC(C)(C)C)c2ccccc21.CC(C)(C)CN1[Si]N(CC(C)(C)C)c2ccccc21.CC(C)(C)CN1[Si]N(CC(C)(C)C)c2ccccc21.[Ni]. The van der Waals surface area contributed by atoms with Crippen LogP contribution in [0.3, 0.4) is 0 Å². The Morgan fingerprint density at radius 2 is 0.299 bits per heavy atom. The Balaban J connectivity index is 0.000000221. The summed E-state index contributed by atoms with van der Waals surface area (Å²) in [5.41, 5.74) is 13.9. The maximum Gasteiger partial charge on any atom is 0.332 e. The van der Waals surface area contributed by atoms with E-state index in [0.717, 1.165) is 91.7 Å². The van der Waals surface area contributed by atoms with Crippen LogP contribution in [0.1, 0.15) is 166 Å². The van der Waals surface area contributed by atoms with Crippen molar-refractivity contribution in [1.82, 2.24) is 0 Å². The molecule has 0 fully saturated rings.